The van der Waals surface area contributed by atoms with Crippen molar-refractivity contribution in [3.05, 3.63) is 63.5 Å². The minimum atomic E-state index is -0.252. The van der Waals surface area contributed by atoms with Gasteiger partial charge in [-0.25, -0.2) is 0 Å². The molecule has 0 unspecified atom stereocenters. The van der Waals surface area contributed by atoms with Crippen molar-refractivity contribution < 1.29 is 4.79 Å². The summed E-state index contributed by atoms with van der Waals surface area (Å²) >= 11 is 9.23. The van der Waals surface area contributed by atoms with Gasteiger partial charge in [-0.1, -0.05) is 23.7 Å². The summed E-state index contributed by atoms with van der Waals surface area (Å²) in [5.74, 6) is 0.239. The summed E-state index contributed by atoms with van der Waals surface area (Å²) in [5, 5.41) is 12.0. The molecule has 1 N–H and O–H groups in total. The first-order valence-corrected chi connectivity index (χ1v) is 8.54. The van der Waals surface area contributed by atoms with E-state index in [0.29, 0.717) is 34.1 Å². The second-order valence-electron chi connectivity index (χ2n) is 5.14. The highest BCUT2D eigenvalue weighted by Crippen LogP contribution is 2.18. The number of amides is 1. The van der Waals surface area contributed by atoms with E-state index < -0.39 is 0 Å². The van der Waals surface area contributed by atoms with Crippen molar-refractivity contribution in [1.29, 1.82) is 0 Å². The van der Waals surface area contributed by atoms with Gasteiger partial charge in [-0.3, -0.25) is 14.2 Å². The monoisotopic (exact) mass is 407 g/mol. The van der Waals surface area contributed by atoms with Crippen molar-refractivity contribution in [2.24, 2.45) is 0 Å². The molecule has 0 aliphatic heterocycles. The Labute approximate surface area is 152 Å². The van der Waals surface area contributed by atoms with E-state index in [4.69, 9.17) is 11.6 Å². The van der Waals surface area contributed by atoms with E-state index in [1.165, 1.54) is 0 Å². The van der Waals surface area contributed by atoms with Crippen LogP contribution in [0.4, 0.5) is 5.82 Å². The first kappa shape index (κ1) is 16.7. The van der Waals surface area contributed by atoms with E-state index in [1.54, 1.807) is 21.6 Å². The average molecular weight is 409 g/mol. The first-order valence-electron chi connectivity index (χ1n) is 7.37. The van der Waals surface area contributed by atoms with Gasteiger partial charge in [-0.2, -0.15) is 10.2 Å². The molecule has 0 radical (unpaired) electrons. The molecule has 2 aromatic heterocycles. The van der Waals surface area contributed by atoms with E-state index in [2.05, 4.69) is 31.4 Å². The number of carbonyl (C=O) groups excluding carboxylic acids is 1. The number of halogens is 2. The predicted octanol–water partition coefficient (Wildman–Crippen LogP) is 3.82. The zero-order valence-electron chi connectivity index (χ0n) is 12.9. The maximum atomic E-state index is 12.4. The summed E-state index contributed by atoms with van der Waals surface area (Å²) in [6, 6.07) is 9.33. The number of aryl methyl sites for hydroxylation is 1. The Kier molecular flexibility index (Phi) is 5.01. The number of hydrogen-bond donors (Lipinski definition) is 1. The molecule has 3 aromatic rings. The van der Waals surface area contributed by atoms with Crippen LogP contribution in [-0.4, -0.2) is 25.5 Å². The lowest BCUT2D eigenvalue weighted by Gasteiger charge is -2.05. The molecule has 8 heteroatoms. The lowest BCUT2D eigenvalue weighted by Crippen LogP contribution is -2.18. The Balaban J connectivity index is 1.70. The molecule has 0 bridgehead atoms. The highest BCUT2D eigenvalue weighted by molar-refractivity contribution is 9.10. The average Bonchev–Trinajstić information content (AvgIpc) is 3.15. The minimum Gasteiger partial charge on any atom is -0.304 e. The number of hydrogen-bond acceptors (Lipinski definition) is 3. The molecule has 1 amide bonds. The Morgan fingerprint density at radius 2 is 2.04 bits per heavy atom. The maximum Gasteiger partial charge on any atom is 0.276 e. The quantitative estimate of drug-likeness (QED) is 0.698. The maximum absolute atomic E-state index is 12.4. The number of rotatable bonds is 5. The fraction of sp³-hybridized carbons (Fsp3) is 0.188. The Hall–Kier alpha value is -2.12. The second-order valence-corrected chi connectivity index (χ2v) is 6.43. The van der Waals surface area contributed by atoms with E-state index >= 15 is 0 Å². The van der Waals surface area contributed by atoms with Gasteiger partial charge in [0.2, 0.25) is 0 Å². The molecule has 24 heavy (non-hydrogen) atoms. The number of nitrogens with zero attached hydrogens (tertiary/aromatic N) is 4. The van der Waals surface area contributed by atoms with Gasteiger partial charge in [0.1, 0.15) is 5.69 Å². The van der Waals surface area contributed by atoms with Gasteiger partial charge in [0.25, 0.3) is 5.91 Å². The smallest absolute Gasteiger partial charge is 0.276 e. The Bertz CT molecular complexity index is 856. The van der Waals surface area contributed by atoms with Crippen LogP contribution in [0, 0.1) is 0 Å². The SMILES string of the molecule is CCn1ncc(Br)c1C(=O)Nc1ccn(Cc2ccc(Cl)cc2)n1. The molecule has 1 aromatic carbocycles. The Morgan fingerprint density at radius 1 is 1.29 bits per heavy atom. The fourth-order valence-corrected chi connectivity index (χ4v) is 2.90. The van der Waals surface area contributed by atoms with Crippen molar-refractivity contribution in [2.45, 2.75) is 20.0 Å². The van der Waals surface area contributed by atoms with E-state index in [-0.39, 0.29) is 5.91 Å². The van der Waals surface area contributed by atoms with Crippen molar-refractivity contribution in [3.8, 4) is 0 Å². The second kappa shape index (κ2) is 7.19. The van der Waals surface area contributed by atoms with Gasteiger partial charge in [0.05, 0.1) is 17.2 Å². The summed E-state index contributed by atoms with van der Waals surface area (Å²) in [7, 11) is 0. The molecule has 0 aliphatic rings. The summed E-state index contributed by atoms with van der Waals surface area (Å²) in [5.41, 5.74) is 1.55. The molecule has 0 aliphatic carbocycles. The number of carbonyl (C=O) groups is 1. The van der Waals surface area contributed by atoms with Crippen LogP contribution in [0.3, 0.4) is 0 Å². The lowest BCUT2D eigenvalue weighted by molar-refractivity contribution is 0.101. The molecule has 2 heterocycles. The predicted molar refractivity (Wildman–Crippen MR) is 96.3 cm³/mol. The van der Waals surface area contributed by atoms with Crippen molar-refractivity contribution in [1.82, 2.24) is 19.6 Å². The van der Waals surface area contributed by atoms with Crippen molar-refractivity contribution >= 4 is 39.3 Å². The highest BCUT2D eigenvalue weighted by atomic mass is 79.9. The minimum absolute atomic E-state index is 0.252. The van der Waals surface area contributed by atoms with Gasteiger partial charge in [-0.05, 0) is 40.5 Å². The van der Waals surface area contributed by atoms with Gasteiger partial charge in [-0.15, -0.1) is 0 Å². The standard InChI is InChI=1S/C16H15BrClN5O/c1-2-23-15(13(17)9-19-23)16(24)20-14-7-8-22(21-14)10-11-3-5-12(18)6-4-11/h3-9H,2,10H2,1H3,(H,20,21,24). The number of nitrogens with one attached hydrogen (secondary N) is 1. The molecule has 0 spiro atoms. The normalized spacial score (nSPS) is 10.8. The molecule has 0 fully saturated rings. The molecular formula is C16H15BrClN5O. The zero-order chi connectivity index (χ0) is 17.1. The van der Waals surface area contributed by atoms with Crippen LogP contribution >= 0.6 is 27.5 Å². The third kappa shape index (κ3) is 3.68. The number of aromatic nitrogens is 4. The number of anilines is 1. The van der Waals surface area contributed by atoms with Crippen LogP contribution in [0.5, 0.6) is 0 Å². The van der Waals surface area contributed by atoms with Gasteiger partial charge in [0, 0.05) is 23.8 Å². The zero-order valence-corrected chi connectivity index (χ0v) is 15.3. The van der Waals surface area contributed by atoms with Gasteiger partial charge >= 0.3 is 0 Å². The first-order chi connectivity index (χ1) is 11.6. The molecular weight excluding hydrogens is 394 g/mol. The molecule has 124 valence electrons. The van der Waals surface area contributed by atoms with E-state index in [9.17, 15) is 4.79 Å². The summed E-state index contributed by atoms with van der Waals surface area (Å²) in [4.78, 5) is 12.4. The van der Waals surface area contributed by atoms with Crippen LogP contribution in [-0.2, 0) is 13.1 Å². The molecule has 3 rings (SSSR count). The van der Waals surface area contributed by atoms with Crippen LogP contribution in [0.25, 0.3) is 0 Å². The largest absolute Gasteiger partial charge is 0.304 e. The number of benzene rings is 1. The summed E-state index contributed by atoms with van der Waals surface area (Å²) in [6.45, 7) is 3.14. The summed E-state index contributed by atoms with van der Waals surface area (Å²) in [6.07, 6.45) is 3.42. The van der Waals surface area contributed by atoms with Crippen molar-refractivity contribution in [3.63, 3.8) is 0 Å². The van der Waals surface area contributed by atoms with Gasteiger partial charge < -0.3 is 5.32 Å². The fourth-order valence-electron chi connectivity index (χ4n) is 2.30. The molecule has 0 atom stereocenters. The van der Waals surface area contributed by atoms with Crippen molar-refractivity contribution in [2.75, 3.05) is 5.32 Å². The Morgan fingerprint density at radius 3 is 2.75 bits per heavy atom. The van der Waals surface area contributed by atoms with Crippen LogP contribution in [0.1, 0.15) is 23.0 Å². The topological polar surface area (TPSA) is 64.7 Å². The molecule has 0 saturated heterocycles. The van der Waals surface area contributed by atoms with E-state index in [1.807, 2.05) is 37.4 Å². The third-order valence-electron chi connectivity index (χ3n) is 3.45. The highest BCUT2D eigenvalue weighted by Gasteiger charge is 2.17. The van der Waals surface area contributed by atoms with Gasteiger partial charge in [0.15, 0.2) is 5.82 Å². The third-order valence-corrected chi connectivity index (χ3v) is 4.28. The lowest BCUT2D eigenvalue weighted by atomic mass is 10.2. The summed E-state index contributed by atoms with van der Waals surface area (Å²) < 4.78 is 4.04. The van der Waals surface area contributed by atoms with Crippen LogP contribution in [0.15, 0.2) is 47.2 Å². The van der Waals surface area contributed by atoms with Crippen LogP contribution < -0.4 is 5.32 Å². The van der Waals surface area contributed by atoms with E-state index in [0.717, 1.165) is 5.56 Å². The molecule has 6 nitrogen and oxygen atoms in total. The van der Waals surface area contributed by atoms with Crippen LogP contribution in [0.2, 0.25) is 5.02 Å². The molecule has 0 saturated carbocycles.